The van der Waals surface area contributed by atoms with E-state index in [1.807, 2.05) is 12.2 Å². The summed E-state index contributed by atoms with van der Waals surface area (Å²) in [5, 5.41) is 0. The summed E-state index contributed by atoms with van der Waals surface area (Å²) in [5.74, 6) is 0.261. The summed E-state index contributed by atoms with van der Waals surface area (Å²) in [7, 11) is 1.64. The molecule has 0 radical (unpaired) electrons. The van der Waals surface area contributed by atoms with E-state index < -0.39 is 0 Å². The number of hydrogen-bond acceptors (Lipinski definition) is 3. The lowest BCUT2D eigenvalue weighted by molar-refractivity contribution is -0.129. The third-order valence-electron chi connectivity index (χ3n) is 4.22. The number of carbonyl (C=O) groups excluding carboxylic acids is 1. The highest BCUT2D eigenvalue weighted by Crippen LogP contribution is 2.50. The van der Waals surface area contributed by atoms with Gasteiger partial charge in [0, 0.05) is 18.9 Å². The molecule has 0 N–H and O–H groups in total. The summed E-state index contributed by atoms with van der Waals surface area (Å²) in [6.07, 6.45) is 9.53. The van der Waals surface area contributed by atoms with Crippen LogP contribution in [0.25, 0.3) is 0 Å². The minimum Gasteiger partial charge on any atom is -0.359 e. The highest BCUT2D eigenvalue weighted by Gasteiger charge is 2.45. The van der Waals surface area contributed by atoms with Gasteiger partial charge in [-0.05, 0) is 38.2 Å². The van der Waals surface area contributed by atoms with Crippen LogP contribution in [0.1, 0.15) is 38.5 Å². The molecule has 0 aromatic carbocycles. The van der Waals surface area contributed by atoms with Crippen molar-refractivity contribution in [2.75, 3.05) is 13.9 Å². The molecule has 2 aliphatic carbocycles. The summed E-state index contributed by atoms with van der Waals surface area (Å²) < 4.78 is 10.9. The van der Waals surface area contributed by atoms with Gasteiger partial charge in [-0.3, -0.25) is 4.79 Å². The molecule has 3 heteroatoms. The van der Waals surface area contributed by atoms with Crippen LogP contribution in [0.15, 0.2) is 24.3 Å². The van der Waals surface area contributed by atoms with Gasteiger partial charge in [0.1, 0.15) is 6.79 Å². The Morgan fingerprint density at radius 2 is 2.39 bits per heavy atom. The van der Waals surface area contributed by atoms with E-state index in [1.165, 1.54) is 5.57 Å². The second kappa shape index (κ2) is 5.81. The molecular formula is C15H22O3. The first-order valence-corrected chi connectivity index (χ1v) is 6.68. The number of allylic oxidation sites excluding steroid dienone is 2. The van der Waals surface area contributed by atoms with Gasteiger partial charge in [-0.2, -0.15) is 0 Å². The minimum absolute atomic E-state index is 0.00750. The van der Waals surface area contributed by atoms with Gasteiger partial charge in [0.2, 0.25) is 0 Å². The van der Waals surface area contributed by atoms with Crippen LogP contribution in [-0.2, 0) is 14.3 Å². The van der Waals surface area contributed by atoms with E-state index in [0.29, 0.717) is 13.2 Å². The maximum Gasteiger partial charge on any atom is 0.155 e. The maximum absolute atomic E-state index is 11.6. The Balaban J connectivity index is 2.27. The van der Waals surface area contributed by atoms with E-state index in [0.717, 1.165) is 32.1 Å². The SMILES string of the molecule is C=CC[C@]12CCC(=O)C=C1CCC[C@@H]2OCOC. The van der Waals surface area contributed by atoms with Crippen molar-refractivity contribution in [3.8, 4) is 0 Å². The third kappa shape index (κ3) is 2.43. The molecule has 0 aliphatic heterocycles. The zero-order valence-electron chi connectivity index (χ0n) is 11.1. The maximum atomic E-state index is 11.6. The van der Waals surface area contributed by atoms with Crippen LogP contribution < -0.4 is 0 Å². The molecule has 0 saturated heterocycles. The predicted molar refractivity (Wildman–Crippen MR) is 70.2 cm³/mol. The highest BCUT2D eigenvalue weighted by atomic mass is 16.7. The van der Waals surface area contributed by atoms with Gasteiger partial charge in [0.25, 0.3) is 0 Å². The zero-order valence-corrected chi connectivity index (χ0v) is 11.1. The number of ether oxygens (including phenoxy) is 2. The lowest BCUT2D eigenvalue weighted by Gasteiger charge is -2.47. The first kappa shape index (κ1) is 13.5. The summed E-state index contributed by atoms with van der Waals surface area (Å²) in [6.45, 7) is 4.20. The Hall–Kier alpha value is -0.930. The van der Waals surface area contributed by atoms with Crippen molar-refractivity contribution in [1.29, 1.82) is 0 Å². The van der Waals surface area contributed by atoms with Gasteiger partial charge in [0.05, 0.1) is 6.10 Å². The monoisotopic (exact) mass is 250 g/mol. The van der Waals surface area contributed by atoms with Gasteiger partial charge >= 0.3 is 0 Å². The molecule has 0 spiro atoms. The largest absolute Gasteiger partial charge is 0.359 e. The van der Waals surface area contributed by atoms with Crippen molar-refractivity contribution in [1.82, 2.24) is 0 Å². The van der Waals surface area contributed by atoms with Crippen LogP contribution in [0, 0.1) is 5.41 Å². The number of hydrogen-bond donors (Lipinski definition) is 0. The molecule has 2 rings (SSSR count). The molecule has 0 unspecified atom stereocenters. The average Bonchev–Trinajstić information content (AvgIpc) is 2.37. The molecule has 0 aromatic rings. The Bertz CT molecular complexity index is 359. The number of ketones is 1. The Morgan fingerprint density at radius 3 is 3.11 bits per heavy atom. The zero-order chi connectivity index (χ0) is 13.0. The van der Waals surface area contributed by atoms with Crippen LogP contribution in [0.3, 0.4) is 0 Å². The molecular weight excluding hydrogens is 228 g/mol. The van der Waals surface area contributed by atoms with Crippen molar-refractivity contribution >= 4 is 5.78 Å². The Morgan fingerprint density at radius 1 is 1.56 bits per heavy atom. The summed E-state index contributed by atoms with van der Waals surface area (Å²) >= 11 is 0. The fourth-order valence-electron chi connectivity index (χ4n) is 3.38. The van der Waals surface area contributed by atoms with Crippen molar-refractivity contribution in [3.05, 3.63) is 24.3 Å². The Labute approximate surface area is 109 Å². The number of carbonyl (C=O) groups is 1. The molecule has 18 heavy (non-hydrogen) atoms. The third-order valence-corrected chi connectivity index (χ3v) is 4.22. The van der Waals surface area contributed by atoms with Crippen molar-refractivity contribution < 1.29 is 14.3 Å². The van der Waals surface area contributed by atoms with Gasteiger partial charge in [-0.15, -0.1) is 6.58 Å². The van der Waals surface area contributed by atoms with Crippen LogP contribution in [0.5, 0.6) is 0 Å². The Kier molecular flexibility index (Phi) is 4.36. The molecule has 1 saturated carbocycles. The van der Waals surface area contributed by atoms with Crippen LogP contribution in [0.4, 0.5) is 0 Å². The molecule has 0 bridgehead atoms. The number of fused-ring (bicyclic) bond motifs is 1. The van der Waals surface area contributed by atoms with Gasteiger partial charge in [0.15, 0.2) is 5.78 Å². The van der Waals surface area contributed by atoms with Gasteiger partial charge in [-0.1, -0.05) is 11.6 Å². The molecule has 0 heterocycles. The summed E-state index contributed by atoms with van der Waals surface area (Å²) in [5.41, 5.74) is 1.26. The smallest absolute Gasteiger partial charge is 0.155 e. The topological polar surface area (TPSA) is 35.5 Å². The second-order valence-corrected chi connectivity index (χ2v) is 5.24. The van der Waals surface area contributed by atoms with Crippen LogP contribution in [-0.4, -0.2) is 25.8 Å². The van der Waals surface area contributed by atoms with Gasteiger partial charge < -0.3 is 9.47 Å². The summed E-state index contributed by atoms with van der Waals surface area (Å²) in [4.78, 5) is 11.6. The molecule has 1 fully saturated rings. The molecule has 3 nitrogen and oxygen atoms in total. The quantitative estimate of drug-likeness (QED) is 0.556. The van der Waals surface area contributed by atoms with E-state index in [9.17, 15) is 4.79 Å². The number of rotatable bonds is 5. The van der Waals surface area contributed by atoms with Crippen LogP contribution in [0.2, 0.25) is 0 Å². The normalized spacial score (nSPS) is 31.7. The van der Waals surface area contributed by atoms with Crippen molar-refractivity contribution in [3.63, 3.8) is 0 Å². The van der Waals surface area contributed by atoms with E-state index in [1.54, 1.807) is 7.11 Å². The molecule has 0 aromatic heterocycles. The van der Waals surface area contributed by atoms with Crippen molar-refractivity contribution in [2.24, 2.45) is 5.41 Å². The van der Waals surface area contributed by atoms with E-state index in [2.05, 4.69) is 6.58 Å². The molecule has 2 aliphatic rings. The lowest BCUT2D eigenvalue weighted by atomic mass is 9.61. The second-order valence-electron chi connectivity index (χ2n) is 5.24. The first-order chi connectivity index (χ1) is 8.73. The van der Waals surface area contributed by atoms with E-state index >= 15 is 0 Å². The minimum atomic E-state index is -0.00750. The average molecular weight is 250 g/mol. The van der Waals surface area contributed by atoms with E-state index in [-0.39, 0.29) is 17.3 Å². The fraction of sp³-hybridized carbons (Fsp3) is 0.667. The van der Waals surface area contributed by atoms with Crippen LogP contribution >= 0.6 is 0 Å². The van der Waals surface area contributed by atoms with Gasteiger partial charge in [-0.25, -0.2) is 0 Å². The highest BCUT2D eigenvalue weighted by molar-refractivity contribution is 5.91. The fourth-order valence-corrected chi connectivity index (χ4v) is 3.38. The standard InChI is InChI=1S/C15H22O3/c1-3-8-15-9-7-13(16)10-12(15)5-4-6-14(15)18-11-17-2/h3,10,14H,1,4-9,11H2,2H3/t14-,15-/m0/s1. The molecule has 0 amide bonds. The molecule has 2 atom stereocenters. The molecule has 100 valence electrons. The van der Waals surface area contributed by atoms with Crippen molar-refractivity contribution in [2.45, 2.75) is 44.6 Å². The predicted octanol–water partition coefficient (Wildman–Crippen LogP) is 3.01. The summed E-state index contributed by atoms with van der Waals surface area (Å²) in [6, 6.07) is 0. The number of methoxy groups -OCH3 is 1. The lowest BCUT2D eigenvalue weighted by Crippen LogP contribution is -2.44. The first-order valence-electron chi connectivity index (χ1n) is 6.68. The van der Waals surface area contributed by atoms with E-state index in [4.69, 9.17) is 9.47 Å².